The molecular weight excluding hydrogens is 198 g/mol. The topological polar surface area (TPSA) is 21.3 Å². The van der Waals surface area contributed by atoms with Gasteiger partial charge >= 0.3 is 0 Å². The zero-order valence-electron chi connectivity index (χ0n) is 10.5. The molecule has 2 aliphatic carbocycles. The maximum absolute atomic E-state index is 6.29. The minimum absolute atomic E-state index is 0.319. The molecule has 0 radical (unpaired) electrons. The van der Waals surface area contributed by atoms with Crippen LogP contribution in [-0.2, 0) is 4.74 Å². The third kappa shape index (κ3) is 2.14. The molecule has 3 rings (SSSR count). The summed E-state index contributed by atoms with van der Waals surface area (Å²) in [5.41, 5.74) is 0.319. The summed E-state index contributed by atoms with van der Waals surface area (Å²) in [5.74, 6) is 0.960. The Labute approximate surface area is 99.1 Å². The van der Waals surface area contributed by atoms with Crippen molar-refractivity contribution in [1.29, 1.82) is 0 Å². The summed E-state index contributed by atoms with van der Waals surface area (Å²) < 4.78 is 6.29. The highest BCUT2D eigenvalue weighted by Crippen LogP contribution is 2.43. The molecule has 3 aliphatic rings. The van der Waals surface area contributed by atoms with E-state index in [-0.39, 0.29) is 0 Å². The Morgan fingerprint density at radius 2 is 2.06 bits per heavy atom. The Morgan fingerprint density at radius 1 is 1.25 bits per heavy atom. The molecule has 16 heavy (non-hydrogen) atoms. The van der Waals surface area contributed by atoms with Gasteiger partial charge in [0.1, 0.15) is 0 Å². The van der Waals surface area contributed by atoms with Gasteiger partial charge in [-0.25, -0.2) is 0 Å². The van der Waals surface area contributed by atoms with Crippen LogP contribution < -0.4 is 5.32 Å². The maximum atomic E-state index is 6.29. The second kappa shape index (κ2) is 4.30. The molecule has 3 unspecified atom stereocenters. The van der Waals surface area contributed by atoms with Gasteiger partial charge in [0.05, 0.1) is 11.7 Å². The Balaban J connectivity index is 1.41. The molecule has 1 saturated heterocycles. The van der Waals surface area contributed by atoms with E-state index in [1.54, 1.807) is 0 Å². The molecule has 3 atom stereocenters. The van der Waals surface area contributed by atoms with Gasteiger partial charge in [-0.05, 0) is 38.0 Å². The van der Waals surface area contributed by atoms with E-state index in [1.807, 2.05) is 0 Å². The third-order valence-corrected chi connectivity index (χ3v) is 4.91. The summed E-state index contributed by atoms with van der Waals surface area (Å²) >= 11 is 0. The van der Waals surface area contributed by atoms with Crippen LogP contribution in [0.2, 0.25) is 0 Å². The first-order valence-electron chi connectivity index (χ1n) is 7.22. The van der Waals surface area contributed by atoms with Crippen LogP contribution in [0.1, 0.15) is 58.3 Å². The first-order valence-corrected chi connectivity index (χ1v) is 7.22. The minimum atomic E-state index is 0.319. The molecule has 3 fully saturated rings. The second-order valence-corrected chi connectivity index (χ2v) is 6.09. The number of hydrogen-bond donors (Lipinski definition) is 1. The molecule has 0 aromatic heterocycles. The molecule has 2 nitrogen and oxygen atoms in total. The van der Waals surface area contributed by atoms with E-state index in [9.17, 15) is 0 Å². The summed E-state index contributed by atoms with van der Waals surface area (Å²) in [6.07, 6.45) is 11.3. The molecule has 0 aromatic carbocycles. The minimum Gasteiger partial charge on any atom is -0.370 e. The molecule has 1 spiro atoms. The molecule has 1 N–H and O–H groups in total. The largest absolute Gasteiger partial charge is 0.370 e. The predicted molar refractivity (Wildman–Crippen MR) is 65.5 cm³/mol. The maximum Gasteiger partial charge on any atom is 0.0708 e. The SMILES string of the molecule is CCC1CC1NCC1CCC2(CCCC2)O1. The van der Waals surface area contributed by atoms with Crippen molar-refractivity contribution in [1.82, 2.24) is 5.32 Å². The molecule has 0 aromatic rings. The van der Waals surface area contributed by atoms with Crippen LogP contribution >= 0.6 is 0 Å². The van der Waals surface area contributed by atoms with E-state index >= 15 is 0 Å². The van der Waals surface area contributed by atoms with E-state index in [0.29, 0.717) is 11.7 Å². The fraction of sp³-hybridized carbons (Fsp3) is 1.00. The van der Waals surface area contributed by atoms with E-state index in [0.717, 1.165) is 18.5 Å². The van der Waals surface area contributed by atoms with E-state index in [4.69, 9.17) is 4.74 Å². The van der Waals surface area contributed by atoms with Crippen LogP contribution in [0.25, 0.3) is 0 Å². The fourth-order valence-electron chi connectivity index (χ4n) is 3.66. The van der Waals surface area contributed by atoms with Crippen molar-refractivity contribution < 1.29 is 4.74 Å². The molecule has 2 saturated carbocycles. The van der Waals surface area contributed by atoms with Gasteiger partial charge in [0.2, 0.25) is 0 Å². The van der Waals surface area contributed by atoms with Crippen LogP contribution in [0, 0.1) is 5.92 Å². The summed E-state index contributed by atoms with van der Waals surface area (Å²) in [6, 6.07) is 0.814. The average molecular weight is 223 g/mol. The summed E-state index contributed by atoms with van der Waals surface area (Å²) in [6.45, 7) is 3.40. The zero-order chi connectivity index (χ0) is 11.0. The highest BCUT2D eigenvalue weighted by atomic mass is 16.5. The van der Waals surface area contributed by atoms with Gasteiger partial charge in [0.15, 0.2) is 0 Å². The summed E-state index contributed by atoms with van der Waals surface area (Å²) in [4.78, 5) is 0. The van der Waals surface area contributed by atoms with Gasteiger partial charge in [0.25, 0.3) is 0 Å². The Kier molecular flexibility index (Phi) is 2.97. The lowest BCUT2D eigenvalue weighted by Crippen LogP contribution is -2.32. The van der Waals surface area contributed by atoms with Crippen molar-refractivity contribution in [3.05, 3.63) is 0 Å². The van der Waals surface area contributed by atoms with Gasteiger partial charge in [-0.2, -0.15) is 0 Å². The lowest BCUT2D eigenvalue weighted by molar-refractivity contribution is -0.0352. The van der Waals surface area contributed by atoms with Crippen LogP contribution in [0.15, 0.2) is 0 Å². The molecule has 0 amide bonds. The van der Waals surface area contributed by atoms with E-state index in [1.165, 1.54) is 51.4 Å². The predicted octanol–water partition coefficient (Wildman–Crippen LogP) is 2.87. The van der Waals surface area contributed by atoms with Crippen LogP contribution in [0.5, 0.6) is 0 Å². The van der Waals surface area contributed by atoms with Gasteiger partial charge in [-0.15, -0.1) is 0 Å². The number of hydrogen-bond acceptors (Lipinski definition) is 2. The first-order chi connectivity index (χ1) is 7.81. The third-order valence-electron chi connectivity index (χ3n) is 4.91. The highest BCUT2D eigenvalue weighted by Gasteiger charge is 2.43. The van der Waals surface area contributed by atoms with E-state index in [2.05, 4.69) is 12.2 Å². The normalized spacial score (nSPS) is 40.7. The lowest BCUT2D eigenvalue weighted by atomic mass is 9.98. The number of nitrogens with one attached hydrogen (secondary N) is 1. The standard InChI is InChI=1S/C14H25NO/c1-2-11-9-13(11)15-10-12-5-8-14(16-12)6-3-4-7-14/h11-13,15H,2-10H2,1H3. The van der Waals surface area contributed by atoms with Crippen LogP contribution in [0.3, 0.4) is 0 Å². The average Bonchev–Trinajstić information content (AvgIpc) is 2.72. The highest BCUT2D eigenvalue weighted by molar-refractivity contribution is 4.96. The van der Waals surface area contributed by atoms with Crippen molar-refractivity contribution in [3.63, 3.8) is 0 Å². The molecule has 1 aliphatic heterocycles. The summed E-state index contributed by atoms with van der Waals surface area (Å²) in [5, 5.41) is 3.68. The van der Waals surface area contributed by atoms with Crippen molar-refractivity contribution in [3.8, 4) is 0 Å². The van der Waals surface area contributed by atoms with Crippen molar-refractivity contribution in [2.75, 3.05) is 6.54 Å². The lowest BCUT2D eigenvalue weighted by Gasteiger charge is -2.24. The first kappa shape index (κ1) is 11.0. The van der Waals surface area contributed by atoms with Gasteiger partial charge in [0, 0.05) is 12.6 Å². The van der Waals surface area contributed by atoms with Crippen LogP contribution in [-0.4, -0.2) is 24.3 Å². The summed E-state index contributed by atoms with van der Waals surface area (Å²) in [7, 11) is 0. The van der Waals surface area contributed by atoms with Gasteiger partial charge in [-0.3, -0.25) is 0 Å². The molecule has 0 bridgehead atoms. The number of ether oxygens (including phenoxy) is 1. The van der Waals surface area contributed by atoms with E-state index < -0.39 is 0 Å². The molecular formula is C14H25NO. The Bertz CT molecular complexity index is 247. The second-order valence-electron chi connectivity index (χ2n) is 6.09. The van der Waals surface area contributed by atoms with Crippen molar-refractivity contribution in [2.24, 2.45) is 5.92 Å². The zero-order valence-corrected chi connectivity index (χ0v) is 10.5. The van der Waals surface area contributed by atoms with Crippen LogP contribution in [0.4, 0.5) is 0 Å². The molecule has 92 valence electrons. The Morgan fingerprint density at radius 3 is 2.75 bits per heavy atom. The smallest absolute Gasteiger partial charge is 0.0708 e. The quantitative estimate of drug-likeness (QED) is 0.791. The monoisotopic (exact) mass is 223 g/mol. The molecule has 2 heteroatoms. The van der Waals surface area contributed by atoms with Gasteiger partial charge < -0.3 is 10.1 Å². The van der Waals surface area contributed by atoms with Crippen molar-refractivity contribution in [2.45, 2.75) is 76.0 Å². The van der Waals surface area contributed by atoms with Crippen molar-refractivity contribution >= 4 is 0 Å². The van der Waals surface area contributed by atoms with Gasteiger partial charge in [-0.1, -0.05) is 26.2 Å². The Hall–Kier alpha value is -0.0800. The fourth-order valence-corrected chi connectivity index (χ4v) is 3.66. The molecule has 1 heterocycles. The number of rotatable bonds is 4.